The molecule has 1 rings (SSSR count). The third-order valence-electron chi connectivity index (χ3n) is 3.90. The molecular weight excluding hydrogens is 226 g/mol. The summed E-state index contributed by atoms with van der Waals surface area (Å²) in [6, 6.07) is 0.00870. The Balaban J connectivity index is 2.22. The molecule has 0 spiro atoms. The number of hydrogen-bond donors (Lipinski definition) is 2. The van der Waals surface area contributed by atoms with Crippen molar-refractivity contribution in [2.24, 2.45) is 11.7 Å². The van der Waals surface area contributed by atoms with E-state index in [-0.39, 0.29) is 11.9 Å². The fourth-order valence-corrected chi connectivity index (χ4v) is 2.59. The fourth-order valence-electron chi connectivity index (χ4n) is 2.59. The van der Waals surface area contributed by atoms with Crippen LogP contribution in [-0.2, 0) is 4.79 Å². The van der Waals surface area contributed by atoms with E-state index in [0.717, 1.165) is 39.0 Å². The van der Waals surface area contributed by atoms with Gasteiger partial charge in [-0.2, -0.15) is 0 Å². The number of nitrogens with one attached hydrogen (secondary N) is 1. The average Bonchev–Trinajstić information content (AvgIpc) is 2.82. The summed E-state index contributed by atoms with van der Waals surface area (Å²) in [6.07, 6.45) is 5.74. The number of nitrogens with zero attached hydrogens (tertiary/aromatic N) is 1. The molecule has 3 N–H and O–H groups in total. The first-order chi connectivity index (χ1) is 8.69. The molecule has 1 amide bonds. The topological polar surface area (TPSA) is 58.4 Å². The standard InChI is InChI=1S/C14H29N3O/c1-3-4-5-9-16-14(18)12(2)17-10-7-13(11-17)6-8-15/h12-13H,3-11,15H2,1-2H3,(H,16,18). The number of rotatable bonds is 8. The van der Waals surface area contributed by atoms with E-state index in [0.29, 0.717) is 5.92 Å². The second-order valence-electron chi connectivity index (χ2n) is 5.40. The maximum atomic E-state index is 12.0. The highest BCUT2D eigenvalue weighted by Gasteiger charge is 2.28. The summed E-state index contributed by atoms with van der Waals surface area (Å²) in [5.41, 5.74) is 5.59. The zero-order chi connectivity index (χ0) is 13.4. The Morgan fingerprint density at radius 3 is 2.94 bits per heavy atom. The van der Waals surface area contributed by atoms with Gasteiger partial charge in [-0.3, -0.25) is 9.69 Å². The number of likely N-dealkylation sites (tertiary alicyclic amines) is 1. The van der Waals surface area contributed by atoms with Crippen LogP contribution in [0.1, 0.15) is 46.0 Å². The van der Waals surface area contributed by atoms with Crippen LogP contribution in [0.4, 0.5) is 0 Å². The van der Waals surface area contributed by atoms with Crippen LogP contribution in [-0.4, -0.2) is 43.0 Å². The Labute approximate surface area is 111 Å². The molecule has 0 aromatic rings. The van der Waals surface area contributed by atoms with Crippen LogP contribution >= 0.6 is 0 Å². The summed E-state index contributed by atoms with van der Waals surface area (Å²) < 4.78 is 0. The molecule has 4 heteroatoms. The van der Waals surface area contributed by atoms with E-state index in [1.165, 1.54) is 19.3 Å². The second kappa shape index (κ2) is 8.48. The van der Waals surface area contributed by atoms with Crippen molar-refractivity contribution in [2.75, 3.05) is 26.2 Å². The Hall–Kier alpha value is -0.610. The van der Waals surface area contributed by atoms with Crippen LogP contribution in [0.2, 0.25) is 0 Å². The van der Waals surface area contributed by atoms with Gasteiger partial charge in [-0.1, -0.05) is 19.8 Å². The van der Waals surface area contributed by atoms with Gasteiger partial charge >= 0.3 is 0 Å². The maximum Gasteiger partial charge on any atom is 0.237 e. The molecular formula is C14H29N3O. The Morgan fingerprint density at radius 1 is 1.50 bits per heavy atom. The van der Waals surface area contributed by atoms with Gasteiger partial charge in [-0.25, -0.2) is 0 Å². The first kappa shape index (κ1) is 15.4. The lowest BCUT2D eigenvalue weighted by Gasteiger charge is -2.23. The Bertz CT molecular complexity index is 245. The molecule has 0 radical (unpaired) electrons. The van der Waals surface area contributed by atoms with Gasteiger partial charge in [0.05, 0.1) is 6.04 Å². The van der Waals surface area contributed by atoms with Crippen molar-refractivity contribution in [3.63, 3.8) is 0 Å². The van der Waals surface area contributed by atoms with Crippen LogP contribution in [0.25, 0.3) is 0 Å². The molecule has 0 aliphatic carbocycles. The first-order valence-electron chi connectivity index (χ1n) is 7.40. The molecule has 0 bridgehead atoms. The number of hydrogen-bond acceptors (Lipinski definition) is 3. The van der Waals surface area contributed by atoms with E-state index in [1.54, 1.807) is 0 Å². The van der Waals surface area contributed by atoms with Crippen molar-refractivity contribution >= 4 is 5.91 Å². The zero-order valence-corrected chi connectivity index (χ0v) is 12.0. The molecule has 1 aliphatic heterocycles. The van der Waals surface area contributed by atoms with E-state index in [1.807, 2.05) is 6.92 Å². The molecule has 18 heavy (non-hydrogen) atoms. The molecule has 0 aromatic heterocycles. The van der Waals surface area contributed by atoms with Gasteiger partial charge in [-0.15, -0.1) is 0 Å². The molecule has 1 fully saturated rings. The van der Waals surface area contributed by atoms with E-state index < -0.39 is 0 Å². The molecule has 1 saturated heterocycles. The van der Waals surface area contributed by atoms with Gasteiger partial charge in [0.15, 0.2) is 0 Å². The molecule has 2 unspecified atom stereocenters. The minimum atomic E-state index is 0.00870. The lowest BCUT2D eigenvalue weighted by Crippen LogP contribution is -2.44. The van der Waals surface area contributed by atoms with Gasteiger partial charge < -0.3 is 11.1 Å². The summed E-state index contributed by atoms with van der Waals surface area (Å²) in [7, 11) is 0. The third-order valence-corrected chi connectivity index (χ3v) is 3.90. The summed E-state index contributed by atoms with van der Waals surface area (Å²) in [4.78, 5) is 14.3. The Morgan fingerprint density at radius 2 is 2.28 bits per heavy atom. The summed E-state index contributed by atoms with van der Waals surface area (Å²) in [5.74, 6) is 0.866. The summed E-state index contributed by atoms with van der Waals surface area (Å²) in [5, 5.41) is 3.04. The first-order valence-corrected chi connectivity index (χ1v) is 7.40. The quantitative estimate of drug-likeness (QED) is 0.644. The number of amides is 1. The highest BCUT2D eigenvalue weighted by atomic mass is 16.2. The smallest absolute Gasteiger partial charge is 0.237 e. The van der Waals surface area contributed by atoms with Crippen molar-refractivity contribution in [1.82, 2.24) is 10.2 Å². The maximum absolute atomic E-state index is 12.0. The van der Waals surface area contributed by atoms with Crippen molar-refractivity contribution in [2.45, 2.75) is 52.0 Å². The van der Waals surface area contributed by atoms with Gasteiger partial charge in [0.2, 0.25) is 5.91 Å². The SMILES string of the molecule is CCCCCNC(=O)C(C)N1CCC(CCN)C1. The van der Waals surface area contributed by atoms with Gasteiger partial charge in [-0.05, 0) is 45.2 Å². The van der Waals surface area contributed by atoms with Crippen LogP contribution < -0.4 is 11.1 Å². The van der Waals surface area contributed by atoms with E-state index in [9.17, 15) is 4.79 Å². The van der Waals surface area contributed by atoms with E-state index in [4.69, 9.17) is 5.73 Å². The number of carbonyl (C=O) groups is 1. The van der Waals surface area contributed by atoms with Crippen LogP contribution in [0, 0.1) is 5.92 Å². The molecule has 1 heterocycles. The van der Waals surface area contributed by atoms with Crippen molar-refractivity contribution in [3.8, 4) is 0 Å². The van der Waals surface area contributed by atoms with Crippen LogP contribution in [0.3, 0.4) is 0 Å². The van der Waals surface area contributed by atoms with E-state index in [2.05, 4.69) is 17.1 Å². The molecule has 0 aromatic carbocycles. The monoisotopic (exact) mass is 255 g/mol. The predicted octanol–water partition coefficient (Wildman–Crippen LogP) is 1.35. The van der Waals surface area contributed by atoms with Crippen molar-refractivity contribution in [1.29, 1.82) is 0 Å². The second-order valence-corrected chi connectivity index (χ2v) is 5.40. The van der Waals surface area contributed by atoms with Gasteiger partial charge in [0, 0.05) is 13.1 Å². The Kier molecular flexibility index (Phi) is 7.28. The minimum absolute atomic E-state index is 0.00870. The van der Waals surface area contributed by atoms with Gasteiger partial charge in [0.25, 0.3) is 0 Å². The molecule has 1 aliphatic rings. The highest BCUT2D eigenvalue weighted by Crippen LogP contribution is 2.20. The number of carbonyl (C=O) groups excluding carboxylic acids is 1. The predicted molar refractivity (Wildman–Crippen MR) is 75.3 cm³/mol. The molecule has 4 nitrogen and oxygen atoms in total. The number of nitrogens with two attached hydrogens (primary N) is 1. The molecule has 0 saturated carbocycles. The average molecular weight is 255 g/mol. The minimum Gasteiger partial charge on any atom is -0.355 e. The highest BCUT2D eigenvalue weighted by molar-refractivity contribution is 5.81. The lowest BCUT2D eigenvalue weighted by molar-refractivity contribution is -0.125. The largest absolute Gasteiger partial charge is 0.355 e. The van der Waals surface area contributed by atoms with E-state index >= 15 is 0 Å². The number of unbranched alkanes of at least 4 members (excludes halogenated alkanes) is 2. The van der Waals surface area contributed by atoms with Crippen molar-refractivity contribution < 1.29 is 4.79 Å². The molecule has 2 atom stereocenters. The molecule has 106 valence electrons. The summed E-state index contributed by atoms with van der Waals surface area (Å²) >= 11 is 0. The van der Waals surface area contributed by atoms with Gasteiger partial charge in [0.1, 0.15) is 0 Å². The zero-order valence-electron chi connectivity index (χ0n) is 12.0. The lowest BCUT2D eigenvalue weighted by atomic mass is 10.1. The van der Waals surface area contributed by atoms with Crippen LogP contribution in [0.5, 0.6) is 0 Å². The van der Waals surface area contributed by atoms with Crippen LogP contribution in [0.15, 0.2) is 0 Å². The summed E-state index contributed by atoms with van der Waals surface area (Å²) in [6.45, 7) is 7.83. The third kappa shape index (κ3) is 4.94. The fraction of sp³-hybridized carbons (Fsp3) is 0.929. The van der Waals surface area contributed by atoms with Crippen molar-refractivity contribution in [3.05, 3.63) is 0 Å². The normalized spacial score (nSPS) is 22.1.